The number of oxime groups is 1. The number of carbonyl (C=O) groups is 2. The van der Waals surface area contributed by atoms with Crippen LogP contribution in [0, 0.1) is 10.1 Å². The van der Waals surface area contributed by atoms with Crippen LogP contribution in [-0.2, 0) is 4.84 Å². The molecule has 0 saturated heterocycles. The van der Waals surface area contributed by atoms with Crippen LogP contribution in [0.3, 0.4) is 0 Å². The molecule has 1 aromatic carbocycles. The molecule has 1 N–H and O–H groups in total. The highest BCUT2D eigenvalue weighted by Crippen LogP contribution is 2.19. The summed E-state index contributed by atoms with van der Waals surface area (Å²) in [5.41, 5.74) is -0.641. The molecule has 0 radical (unpaired) electrons. The van der Waals surface area contributed by atoms with Gasteiger partial charge in [-0.15, -0.1) is 0 Å². The SMILES string of the molecule is CNC(=O)O/N=C(\C(=O)c1ccccc1[N+](=O)[O-])n1cncn1. The third-order valence-electron chi connectivity index (χ3n) is 2.60. The number of carbonyl (C=O) groups excluding carboxylic acids is 2. The monoisotopic (exact) mass is 318 g/mol. The Morgan fingerprint density at radius 3 is 2.74 bits per heavy atom. The molecular formula is C12H10N6O5. The van der Waals surface area contributed by atoms with Gasteiger partial charge in [0, 0.05) is 13.1 Å². The Morgan fingerprint density at radius 2 is 2.13 bits per heavy atom. The third-order valence-corrected chi connectivity index (χ3v) is 2.60. The van der Waals surface area contributed by atoms with Crippen LogP contribution in [0.5, 0.6) is 0 Å². The van der Waals surface area contributed by atoms with Gasteiger partial charge in [-0.05, 0) is 11.2 Å². The van der Waals surface area contributed by atoms with Crippen molar-refractivity contribution in [3.05, 3.63) is 52.6 Å². The van der Waals surface area contributed by atoms with Crippen LogP contribution in [0.15, 0.2) is 42.1 Å². The van der Waals surface area contributed by atoms with E-state index in [9.17, 15) is 19.7 Å². The van der Waals surface area contributed by atoms with E-state index in [1.807, 2.05) is 0 Å². The normalized spacial score (nSPS) is 10.9. The summed E-state index contributed by atoms with van der Waals surface area (Å²) in [6, 6.07) is 5.31. The summed E-state index contributed by atoms with van der Waals surface area (Å²) in [6.45, 7) is 0. The van der Waals surface area contributed by atoms with Crippen molar-refractivity contribution in [1.29, 1.82) is 0 Å². The van der Waals surface area contributed by atoms with Crippen LogP contribution in [0.1, 0.15) is 10.4 Å². The van der Waals surface area contributed by atoms with Crippen LogP contribution in [0.25, 0.3) is 0 Å². The third kappa shape index (κ3) is 3.53. The fourth-order valence-electron chi connectivity index (χ4n) is 1.58. The van der Waals surface area contributed by atoms with Gasteiger partial charge in [0.25, 0.3) is 5.69 Å². The number of hydrogen-bond donors (Lipinski definition) is 1. The quantitative estimate of drug-likeness (QED) is 0.217. The van der Waals surface area contributed by atoms with E-state index >= 15 is 0 Å². The predicted octanol–water partition coefficient (Wildman–Crippen LogP) is 0.587. The molecule has 0 bridgehead atoms. The van der Waals surface area contributed by atoms with Crippen molar-refractivity contribution < 1.29 is 19.3 Å². The van der Waals surface area contributed by atoms with Crippen molar-refractivity contribution in [3.63, 3.8) is 0 Å². The zero-order chi connectivity index (χ0) is 16.8. The topological polar surface area (TPSA) is 142 Å². The lowest BCUT2D eigenvalue weighted by Crippen LogP contribution is -2.26. The maximum absolute atomic E-state index is 12.5. The van der Waals surface area contributed by atoms with E-state index in [1.165, 1.54) is 31.3 Å². The summed E-state index contributed by atoms with van der Waals surface area (Å²) in [4.78, 5) is 42.1. The number of nitro benzene ring substituents is 1. The number of nitrogens with zero attached hydrogens (tertiary/aromatic N) is 5. The van der Waals surface area contributed by atoms with E-state index in [2.05, 4.69) is 25.4 Å². The van der Waals surface area contributed by atoms with Crippen LogP contribution >= 0.6 is 0 Å². The Kier molecular flexibility index (Phi) is 4.72. The van der Waals surface area contributed by atoms with Crippen molar-refractivity contribution in [2.24, 2.45) is 5.16 Å². The van der Waals surface area contributed by atoms with E-state index in [4.69, 9.17) is 0 Å². The van der Waals surface area contributed by atoms with Crippen molar-refractivity contribution in [1.82, 2.24) is 20.1 Å². The molecule has 11 heteroatoms. The number of hydrogen-bond acceptors (Lipinski definition) is 8. The van der Waals surface area contributed by atoms with Gasteiger partial charge in [0.05, 0.1) is 4.92 Å². The summed E-state index contributed by atoms with van der Waals surface area (Å²) >= 11 is 0. The molecule has 0 fully saturated rings. The number of ketones is 1. The molecule has 0 aliphatic carbocycles. The molecule has 11 nitrogen and oxygen atoms in total. The molecule has 1 amide bonds. The minimum absolute atomic E-state index is 0.229. The van der Waals surface area contributed by atoms with Crippen molar-refractivity contribution in [2.45, 2.75) is 0 Å². The smallest absolute Gasteiger partial charge is 0.323 e. The number of nitro groups is 1. The summed E-state index contributed by atoms with van der Waals surface area (Å²) in [7, 11) is 1.30. The second-order valence-electron chi connectivity index (χ2n) is 3.99. The number of aromatic nitrogens is 3. The molecule has 0 aliphatic heterocycles. The van der Waals surface area contributed by atoms with E-state index in [0.717, 1.165) is 17.3 Å². The first-order valence-corrected chi connectivity index (χ1v) is 6.14. The Bertz CT molecular complexity index is 770. The second-order valence-corrected chi connectivity index (χ2v) is 3.99. The lowest BCUT2D eigenvalue weighted by atomic mass is 10.1. The van der Waals surface area contributed by atoms with Gasteiger partial charge < -0.3 is 5.32 Å². The van der Waals surface area contributed by atoms with Gasteiger partial charge >= 0.3 is 6.09 Å². The van der Waals surface area contributed by atoms with Crippen molar-refractivity contribution in [2.75, 3.05) is 7.05 Å². The Labute approximate surface area is 128 Å². The number of rotatable bonds is 4. The minimum atomic E-state index is -0.919. The number of para-hydroxylation sites is 1. The predicted molar refractivity (Wildman–Crippen MR) is 75.8 cm³/mol. The summed E-state index contributed by atoms with van der Waals surface area (Å²) in [5, 5.41) is 20.3. The van der Waals surface area contributed by atoms with E-state index < -0.39 is 28.3 Å². The number of benzene rings is 1. The fraction of sp³-hybridized carbons (Fsp3) is 0.0833. The lowest BCUT2D eigenvalue weighted by Gasteiger charge is -2.05. The molecule has 0 aliphatic rings. The number of amides is 1. The summed E-state index contributed by atoms with van der Waals surface area (Å²) < 4.78 is 0.933. The first kappa shape index (κ1) is 15.8. The van der Waals surface area contributed by atoms with E-state index in [1.54, 1.807) is 0 Å². The summed E-state index contributed by atoms with van der Waals surface area (Å²) in [5.74, 6) is -1.31. The van der Waals surface area contributed by atoms with Gasteiger partial charge in [0.15, 0.2) is 0 Å². The molecule has 2 rings (SSSR count). The first-order chi connectivity index (χ1) is 11.0. The number of Topliss-reactive ketones (excluding diaryl/α,β-unsaturated/α-hetero) is 1. The van der Waals surface area contributed by atoms with Crippen LogP contribution in [0.2, 0.25) is 0 Å². The Balaban J connectivity index is 2.46. The average molecular weight is 318 g/mol. The first-order valence-electron chi connectivity index (χ1n) is 6.14. The average Bonchev–Trinajstić information content (AvgIpc) is 3.08. The van der Waals surface area contributed by atoms with Crippen molar-refractivity contribution >= 4 is 23.4 Å². The van der Waals surface area contributed by atoms with Crippen molar-refractivity contribution in [3.8, 4) is 0 Å². The maximum Gasteiger partial charge on any atom is 0.433 e. The van der Waals surface area contributed by atoms with Gasteiger partial charge in [-0.1, -0.05) is 12.1 Å². The fourth-order valence-corrected chi connectivity index (χ4v) is 1.58. The largest absolute Gasteiger partial charge is 0.433 e. The zero-order valence-corrected chi connectivity index (χ0v) is 11.7. The molecule has 2 aromatic rings. The van der Waals surface area contributed by atoms with E-state index in [0.29, 0.717) is 0 Å². The Hall–Kier alpha value is -3.63. The van der Waals surface area contributed by atoms with Gasteiger partial charge in [0.2, 0.25) is 11.6 Å². The van der Waals surface area contributed by atoms with E-state index in [-0.39, 0.29) is 5.56 Å². The minimum Gasteiger partial charge on any atom is -0.323 e. The molecule has 0 saturated carbocycles. The zero-order valence-electron chi connectivity index (χ0n) is 11.7. The van der Waals surface area contributed by atoms with Crippen LogP contribution < -0.4 is 5.32 Å². The molecule has 1 aromatic heterocycles. The molecule has 0 unspecified atom stereocenters. The standard InChI is InChI=1S/C12H10N6O5/c1-13-12(20)23-16-11(17-7-14-6-15-17)10(19)8-4-2-3-5-9(8)18(21)22/h2-7H,1H3,(H,13,20)/b16-11+. The molecule has 1 heterocycles. The van der Waals surface area contributed by atoms with Gasteiger partial charge in [-0.25, -0.2) is 9.78 Å². The molecule has 0 atom stereocenters. The molecule has 23 heavy (non-hydrogen) atoms. The lowest BCUT2D eigenvalue weighted by molar-refractivity contribution is -0.385. The van der Waals surface area contributed by atoms with Crippen LogP contribution in [0.4, 0.5) is 10.5 Å². The molecular weight excluding hydrogens is 308 g/mol. The van der Waals surface area contributed by atoms with Gasteiger partial charge in [-0.2, -0.15) is 9.78 Å². The van der Waals surface area contributed by atoms with Gasteiger partial charge in [0.1, 0.15) is 18.2 Å². The highest BCUT2D eigenvalue weighted by Gasteiger charge is 2.26. The summed E-state index contributed by atoms with van der Waals surface area (Å²) in [6.07, 6.45) is 1.35. The molecule has 0 spiro atoms. The van der Waals surface area contributed by atoms with Crippen LogP contribution in [-0.4, -0.2) is 44.4 Å². The highest BCUT2D eigenvalue weighted by atomic mass is 16.7. The maximum atomic E-state index is 12.5. The second kappa shape index (κ2) is 6.89. The van der Waals surface area contributed by atoms with Gasteiger partial charge in [-0.3, -0.25) is 19.7 Å². The molecule has 118 valence electrons. The highest BCUT2D eigenvalue weighted by molar-refractivity contribution is 6.46. The number of nitrogens with one attached hydrogen (secondary N) is 1. The Morgan fingerprint density at radius 1 is 1.39 bits per heavy atom.